The average Bonchev–Trinajstić information content (AvgIpc) is 2.94. The first-order valence-corrected chi connectivity index (χ1v) is 6.77. The van der Waals surface area contributed by atoms with Gasteiger partial charge in [0.15, 0.2) is 0 Å². The number of halogens is 1. The van der Waals surface area contributed by atoms with Gasteiger partial charge < -0.3 is 5.32 Å². The van der Waals surface area contributed by atoms with Crippen LogP contribution in [0.25, 0.3) is 0 Å². The Morgan fingerprint density at radius 3 is 2.78 bits per heavy atom. The Labute approximate surface area is 107 Å². The van der Waals surface area contributed by atoms with Crippen LogP contribution < -0.4 is 5.32 Å². The van der Waals surface area contributed by atoms with Crippen molar-refractivity contribution < 1.29 is 9.18 Å². The summed E-state index contributed by atoms with van der Waals surface area (Å²) in [4.78, 5) is 11.9. The maximum atomic E-state index is 13.4. The SMILES string of the molecule is O=C(CC1CC2CCC1C2)Nc1ccccc1F. The third-order valence-corrected chi connectivity index (χ3v) is 4.48. The van der Waals surface area contributed by atoms with E-state index in [1.54, 1.807) is 18.2 Å². The van der Waals surface area contributed by atoms with E-state index < -0.39 is 0 Å². The number of amides is 1. The van der Waals surface area contributed by atoms with Gasteiger partial charge in [0.05, 0.1) is 5.69 Å². The van der Waals surface area contributed by atoms with Crippen LogP contribution in [0.15, 0.2) is 24.3 Å². The zero-order valence-electron chi connectivity index (χ0n) is 10.4. The normalized spacial score (nSPS) is 29.5. The van der Waals surface area contributed by atoms with Crippen molar-refractivity contribution >= 4 is 11.6 Å². The van der Waals surface area contributed by atoms with Gasteiger partial charge in [0, 0.05) is 6.42 Å². The van der Waals surface area contributed by atoms with E-state index in [9.17, 15) is 9.18 Å². The second-order valence-electron chi connectivity index (χ2n) is 5.67. The van der Waals surface area contributed by atoms with E-state index >= 15 is 0 Å². The molecule has 2 aliphatic rings. The zero-order valence-corrected chi connectivity index (χ0v) is 10.4. The fraction of sp³-hybridized carbons (Fsp3) is 0.533. The average molecular weight is 247 g/mol. The van der Waals surface area contributed by atoms with Crippen molar-refractivity contribution in [2.75, 3.05) is 5.32 Å². The summed E-state index contributed by atoms with van der Waals surface area (Å²) >= 11 is 0. The number of benzene rings is 1. The molecule has 1 N–H and O–H groups in total. The minimum Gasteiger partial charge on any atom is -0.324 e. The van der Waals surface area contributed by atoms with E-state index in [0.29, 0.717) is 18.0 Å². The third kappa shape index (κ3) is 2.26. The molecule has 2 aliphatic carbocycles. The molecule has 0 radical (unpaired) electrons. The van der Waals surface area contributed by atoms with E-state index in [1.807, 2.05) is 0 Å². The van der Waals surface area contributed by atoms with Crippen molar-refractivity contribution in [1.82, 2.24) is 0 Å². The second kappa shape index (κ2) is 4.71. The van der Waals surface area contributed by atoms with Crippen LogP contribution in [0, 0.1) is 23.6 Å². The van der Waals surface area contributed by atoms with Gasteiger partial charge in [-0.1, -0.05) is 18.6 Å². The maximum absolute atomic E-state index is 13.4. The number of anilines is 1. The molecule has 3 unspecified atom stereocenters. The summed E-state index contributed by atoms with van der Waals surface area (Å²) in [5.41, 5.74) is 0.297. The lowest BCUT2D eigenvalue weighted by Crippen LogP contribution is -2.20. The van der Waals surface area contributed by atoms with E-state index in [0.717, 1.165) is 11.8 Å². The first-order valence-electron chi connectivity index (χ1n) is 6.77. The molecule has 0 aliphatic heterocycles. The highest BCUT2D eigenvalue weighted by Gasteiger charge is 2.40. The summed E-state index contributed by atoms with van der Waals surface area (Å²) in [6.07, 6.45) is 5.67. The molecule has 2 fully saturated rings. The summed E-state index contributed by atoms with van der Waals surface area (Å²) in [6, 6.07) is 6.33. The van der Waals surface area contributed by atoms with Crippen molar-refractivity contribution in [3.05, 3.63) is 30.1 Å². The molecule has 3 rings (SSSR count). The summed E-state index contributed by atoms with van der Waals surface area (Å²) in [6.45, 7) is 0. The first-order chi connectivity index (χ1) is 8.72. The van der Waals surface area contributed by atoms with Crippen LogP contribution >= 0.6 is 0 Å². The first kappa shape index (κ1) is 11.7. The smallest absolute Gasteiger partial charge is 0.224 e. The molecule has 0 heterocycles. The Hall–Kier alpha value is -1.38. The molecular weight excluding hydrogens is 229 g/mol. The van der Waals surface area contributed by atoms with Crippen LogP contribution in [0.5, 0.6) is 0 Å². The van der Waals surface area contributed by atoms with Gasteiger partial charge in [-0.25, -0.2) is 4.39 Å². The number of para-hydroxylation sites is 1. The molecule has 1 aromatic carbocycles. The van der Waals surface area contributed by atoms with Crippen LogP contribution in [-0.2, 0) is 4.79 Å². The molecule has 96 valence electrons. The lowest BCUT2D eigenvalue weighted by Gasteiger charge is -2.20. The van der Waals surface area contributed by atoms with Gasteiger partial charge in [-0.2, -0.15) is 0 Å². The monoisotopic (exact) mass is 247 g/mol. The Kier molecular flexibility index (Phi) is 3.06. The Bertz CT molecular complexity index is 460. The van der Waals surface area contributed by atoms with Gasteiger partial charge in [0.1, 0.15) is 5.82 Å². The highest BCUT2D eigenvalue weighted by molar-refractivity contribution is 5.91. The molecule has 1 amide bonds. The Morgan fingerprint density at radius 2 is 2.11 bits per heavy atom. The van der Waals surface area contributed by atoms with Crippen LogP contribution in [0.4, 0.5) is 10.1 Å². The van der Waals surface area contributed by atoms with E-state index in [1.165, 1.54) is 31.7 Å². The van der Waals surface area contributed by atoms with Gasteiger partial charge in [-0.15, -0.1) is 0 Å². The number of nitrogens with one attached hydrogen (secondary N) is 1. The summed E-state index contributed by atoms with van der Waals surface area (Å²) in [5.74, 6) is 1.70. The Balaban J connectivity index is 1.58. The van der Waals surface area contributed by atoms with Gasteiger partial charge in [0.25, 0.3) is 0 Å². The van der Waals surface area contributed by atoms with Gasteiger partial charge in [0.2, 0.25) is 5.91 Å². The van der Waals surface area contributed by atoms with E-state index in [2.05, 4.69) is 5.32 Å². The van der Waals surface area contributed by atoms with Crippen molar-refractivity contribution in [1.29, 1.82) is 0 Å². The van der Waals surface area contributed by atoms with Crippen molar-refractivity contribution in [3.63, 3.8) is 0 Å². The quantitative estimate of drug-likeness (QED) is 0.869. The summed E-state index contributed by atoms with van der Waals surface area (Å²) in [5, 5.41) is 2.68. The second-order valence-corrected chi connectivity index (χ2v) is 5.67. The molecule has 1 aromatic rings. The molecule has 2 bridgehead atoms. The highest BCUT2D eigenvalue weighted by Crippen LogP contribution is 2.49. The van der Waals surface area contributed by atoms with Crippen LogP contribution in [0.1, 0.15) is 32.1 Å². The van der Waals surface area contributed by atoms with Crippen LogP contribution in [-0.4, -0.2) is 5.91 Å². The molecule has 3 heteroatoms. The molecule has 0 spiro atoms. The molecule has 2 nitrogen and oxygen atoms in total. The lowest BCUT2D eigenvalue weighted by atomic mass is 9.86. The summed E-state index contributed by atoms with van der Waals surface area (Å²) in [7, 11) is 0. The molecule has 2 saturated carbocycles. The highest BCUT2D eigenvalue weighted by atomic mass is 19.1. The van der Waals surface area contributed by atoms with E-state index in [-0.39, 0.29) is 11.7 Å². The fourth-order valence-electron chi connectivity index (χ4n) is 3.63. The molecule has 0 aromatic heterocycles. The predicted molar refractivity (Wildman–Crippen MR) is 68.6 cm³/mol. The third-order valence-electron chi connectivity index (χ3n) is 4.48. The summed E-state index contributed by atoms with van der Waals surface area (Å²) < 4.78 is 13.4. The fourth-order valence-corrected chi connectivity index (χ4v) is 3.63. The lowest BCUT2D eigenvalue weighted by molar-refractivity contribution is -0.117. The standard InChI is InChI=1S/C15H18FNO/c16-13-3-1-2-4-14(13)17-15(18)9-12-8-10-5-6-11(12)7-10/h1-4,10-12H,5-9H2,(H,17,18). The van der Waals surface area contributed by atoms with Crippen LogP contribution in [0.2, 0.25) is 0 Å². The van der Waals surface area contributed by atoms with Crippen molar-refractivity contribution in [2.45, 2.75) is 32.1 Å². The molecule has 18 heavy (non-hydrogen) atoms. The number of hydrogen-bond acceptors (Lipinski definition) is 1. The van der Waals surface area contributed by atoms with Crippen LogP contribution in [0.3, 0.4) is 0 Å². The minimum atomic E-state index is -0.362. The van der Waals surface area contributed by atoms with Crippen molar-refractivity contribution in [3.8, 4) is 0 Å². The number of carbonyl (C=O) groups is 1. The predicted octanol–water partition coefficient (Wildman–Crippen LogP) is 3.59. The molecule has 3 atom stereocenters. The van der Waals surface area contributed by atoms with E-state index in [4.69, 9.17) is 0 Å². The number of carbonyl (C=O) groups excluding carboxylic acids is 1. The number of fused-ring (bicyclic) bond motifs is 2. The largest absolute Gasteiger partial charge is 0.324 e. The maximum Gasteiger partial charge on any atom is 0.224 e. The van der Waals surface area contributed by atoms with Gasteiger partial charge in [-0.05, 0) is 49.1 Å². The Morgan fingerprint density at radius 1 is 1.28 bits per heavy atom. The zero-order chi connectivity index (χ0) is 12.5. The minimum absolute atomic E-state index is 0.0438. The van der Waals surface area contributed by atoms with Crippen molar-refractivity contribution in [2.24, 2.45) is 17.8 Å². The van der Waals surface area contributed by atoms with Gasteiger partial charge >= 0.3 is 0 Å². The molecule has 0 saturated heterocycles. The van der Waals surface area contributed by atoms with Gasteiger partial charge in [-0.3, -0.25) is 4.79 Å². The number of hydrogen-bond donors (Lipinski definition) is 1. The molecular formula is C15H18FNO. The topological polar surface area (TPSA) is 29.1 Å². The number of rotatable bonds is 3.